The average molecular weight is 183 g/mol. The first-order valence-electron chi connectivity index (χ1n) is 4.49. The van der Waals surface area contributed by atoms with E-state index < -0.39 is 0 Å². The third-order valence-electron chi connectivity index (χ3n) is 2.01. The lowest BCUT2D eigenvalue weighted by atomic mass is 10.4. The van der Waals surface area contributed by atoms with Crippen LogP contribution in [-0.4, -0.2) is 36.5 Å². The molecular formula is C8H13N3O2. The zero-order valence-corrected chi connectivity index (χ0v) is 7.69. The van der Waals surface area contributed by atoms with E-state index in [1.807, 2.05) is 0 Å². The van der Waals surface area contributed by atoms with Crippen LogP contribution in [0.15, 0.2) is 4.42 Å². The van der Waals surface area contributed by atoms with E-state index in [-0.39, 0.29) is 0 Å². The van der Waals surface area contributed by atoms with Gasteiger partial charge in [-0.05, 0) is 6.42 Å². The molecule has 1 saturated heterocycles. The molecule has 0 bridgehead atoms. The summed E-state index contributed by atoms with van der Waals surface area (Å²) in [6.07, 6.45) is 1.02. The fourth-order valence-electron chi connectivity index (χ4n) is 1.35. The van der Waals surface area contributed by atoms with E-state index >= 15 is 0 Å². The molecule has 1 aromatic rings. The molecule has 5 heteroatoms. The van der Waals surface area contributed by atoms with Gasteiger partial charge in [-0.25, -0.2) is 0 Å². The standard InChI is InChI=1S/C8H13N3O2/c1-7-9-10-8(13-7)11-3-2-5-12-6-4-11/h2-6H2,1H3. The second kappa shape index (κ2) is 3.74. The molecular weight excluding hydrogens is 170 g/mol. The van der Waals surface area contributed by atoms with Crippen LogP contribution in [0.25, 0.3) is 0 Å². The van der Waals surface area contributed by atoms with Gasteiger partial charge in [-0.15, -0.1) is 5.10 Å². The number of hydrogen-bond acceptors (Lipinski definition) is 5. The average Bonchev–Trinajstić information content (AvgIpc) is 2.43. The molecule has 13 heavy (non-hydrogen) atoms. The lowest BCUT2D eigenvalue weighted by Crippen LogP contribution is -2.26. The first-order valence-corrected chi connectivity index (χ1v) is 4.49. The van der Waals surface area contributed by atoms with Gasteiger partial charge in [-0.3, -0.25) is 0 Å². The quantitative estimate of drug-likeness (QED) is 0.638. The molecule has 0 N–H and O–H groups in total. The van der Waals surface area contributed by atoms with Gasteiger partial charge in [0, 0.05) is 26.6 Å². The van der Waals surface area contributed by atoms with Crippen LogP contribution >= 0.6 is 0 Å². The van der Waals surface area contributed by atoms with Gasteiger partial charge in [0.15, 0.2) is 0 Å². The summed E-state index contributed by atoms with van der Waals surface area (Å²) in [6, 6.07) is 0.614. The normalized spacial score (nSPS) is 18.7. The minimum Gasteiger partial charge on any atom is -0.408 e. The van der Waals surface area contributed by atoms with Crippen molar-refractivity contribution in [3.63, 3.8) is 0 Å². The van der Waals surface area contributed by atoms with Gasteiger partial charge in [0.05, 0.1) is 6.61 Å². The molecule has 0 atom stereocenters. The van der Waals surface area contributed by atoms with Gasteiger partial charge in [-0.2, -0.15) is 0 Å². The number of hydrogen-bond donors (Lipinski definition) is 0. The highest BCUT2D eigenvalue weighted by Gasteiger charge is 2.14. The van der Waals surface area contributed by atoms with Crippen molar-refractivity contribution in [2.45, 2.75) is 13.3 Å². The lowest BCUT2D eigenvalue weighted by molar-refractivity contribution is 0.152. The zero-order valence-electron chi connectivity index (χ0n) is 7.69. The van der Waals surface area contributed by atoms with Crippen molar-refractivity contribution in [2.75, 3.05) is 31.2 Å². The van der Waals surface area contributed by atoms with Crippen LogP contribution in [0.2, 0.25) is 0 Å². The van der Waals surface area contributed by atoms with E-state index in [9.17, 15) is 0 Å². The van der Waals surface area contributed by atoms with Gasteiger partial charge in [-0.1, -0.05) is 5.10 Å². The molecule has 72 valence electrons. The van der Waals surface area contributed by atoms with E-state index in [1.165, 1.54) is 0 Å². The lowest BCUT2D eigenvalue weighted by Gasteiger charge is -2.15. The van der Waals surface area contributed by atoms with Crippen LogP contribution in [-0.2, 0) is 4.74 Å². The Bertz CT molecular complexity index is 266. The van der Waals surface area contributed by atoms with Crippen LogP contribution in [0.5, 0.6) is 0 Å². The van der Waals surface area contributed by atoms with Crippen LogP contribution in [0.3, 0.4) is 0 Å². The Morgan fingerprint density at radius 1 is 1.23 bits per heavy atom. The van der Waals surface area contributed by atoms with Crippen molar-refractivity contribution < 1.29 is 9.15 Å². The highest BCUT2D eigenvalue weighted by Crippen LogP contribution is 2.13. The fourth-order valence-corrected chi connectivity index (χ4v) is 1.35. The van der Waals surface area contributed by atoms with Gasteiger partial charge >= 0.3 is 6.01 Å². The number of nitrogens with zero attached hydrogens (tertiary/aromatic N) is 3. The maximum Gasteiger partial charge on any atom is 0.318 e. The number of anilines is 1. The fraction of sp³-hybridized carbons (Fsp3) is 0.750. The van der Waals surface area contributed by atoms with Crippen LogP contribution in [0.1, 0.15) is 12.3 Å². The molecule has 2 heterocycles. The molecule has 0 amide bonds. The molecule has 2 rings (SSSR count). The van der Waals surface area contributed by atoms with Crippen molar-refractivity contribution >= 4 is 6.01 Å². The summed E-state index contributed by atoms with van der Waals surface area (Å²) in [6.45, 7) is 5.12. The van der Waals surface area contributed by atoms with E-state index in [2.05, 4.69) is 15.1 Å². The van der Waals surface area contributed by atoms with Crippen molar-refractivity contribution in [3.8, 4) is 0 Å². The maximum absolute atomic E-state index is 5.33. The molecule has 5 nitrogen and oxygen atoms in total. The van der Waals surface area contributed by atoms with Crippen LogP contribution in [0, 0.1) is 6.92 Å². The summed E-state index contributed by atoms with van der Waals surface area (Å²) in [4.78, 5) is 2.06. The van der Waals surface area contributed by atoms with Crippen LogP contribution < -0.4 is 4.90 Å². The number of ether oxygens (including phenoxy) is 1. The van der Waals surface area contributed by atoms with Gasteiger partial charge in [0.2, 0.25) is 5.89 Å². The maximum atomic E-state index is 5.33. The Labute approximate surface area is 76.7 Å². The number of rotatable bonds is 1. The Morgan fingerprint density at radius 2 is 2.15 bits per heavy atom. The van der Waals surface area contributed by atoms with Gasteiger partial charge in [0.25, 0.3) is 0 Å². The summed E-state index contributed by atoms with van der Waals surface area (Å²) < 4.78 is 10.6. The van der Waals surface area contributed by atoms with E-state index in [0.717, 1.165) is 32.7 Å². The van der Waals surface area contributed by atoms with Crippen LogP contribution in [0.4, 0.5) is 6.01 Å². The minimum absolute atomic E-state index is 0.611. The molecule has 0 saturated carbocycles. The van der Waals surface area contributed by atoms with Gasteiger partial charge in [0.1, 0.15) is 0 Å². The Balaban J connectivity index is 2.06. The molecule has 0 radical (unpaired) electrons. The topological polar surface area (TPSA) is 51.4 Å². The van der Waals surface area contributed by atoms with Crippen molar-refractivity contribution in [3.05, 3.63) is 5.89 Å². The third kappa shape index (κ3) is 1.98. The van der Waals surface area contributed by atoms with E-state index in [4.69, 9.17) is 9.15 Å². The van der Waals surface area contributed by atoms with E-state index in [0.29, 0.717) is 11.9 Å². The summed E-state index contributed by atoms with van der Waals surface area (Å²) >= 11 is 0. The molecule has 0 unspecified atom stereocenters. The van der Waals surface area contributed by atoms with Crippen molar-refractivity contribution in [2.24, 2.45) is 0 Å². The summed E-state index contributed by atoms with van der Waals surface area (Å²) in [5.41, 5.74) is 0. The second-order valence-corrected chi connectivity index (χ2v) is 3.06. The summed E-state index contributed by atoms with van der Waals surface area (Å²) in [5.74, 6) is 0.611. The number of aromatic nitrogens is 2. The second-order valence-electron chi connectivity index (χ2n) is 3.06. The molecule has 0 spiro atoms. The largest absolute Gasteiger partial charge is 0.408 e. The summed E-state index contributed by atoms with van der Waals surface area (Å²) in [5, 5.41) is 7.76. The predicted molar refractivity (Wildman–Crippen MR) is 46.7 cm³/mol. The molecule has 1 aromatic heterocycles. The van der Waals surface area contributed by atoms with Crippen molar-refractivity contribution in [1.29, 1.82) is 0 Å². The highest BCUT2D eigenvalue weighted by atomic mass is 16.5. The molecule has 0 aromatic carbocycles. The predicted octanol–water partition coefficient (Wildman–Crippen LogP) is 0.605. The van der Waals surface area contributed by atoms with E-state index in [1.54, 1.807) is 6.92 Å². The monoisotopic (exact) mass is 183 g/mol. The first-order chi connectivity index (χ1) is 6.36. The SMILES string of the molecule is Cc1nnc(N2CCCOCC2)o1. The minimum atomic E-state index is 0.611. The molecule has 0 aliphatic carbocycles. The highest BCUT2D eigenvalue weighted by molar-refractivity contribution is 5.23. The first kappa shape index (κ1) is 8.50. The van der Waals surface area contributed by atoms with Gasteiger partial charge < -0.3 is 14.1 Å². The zero-order chi connectivity index (χ0) is 9.10. The smallest absolute Gasteiger partial charge is 0.318 e. The van der Waals surface area contributed by atoms with Crippen molar-refractivity contribution in [1.82, 2.24) is 10.2 Å². The molecule has 1 aliphatic rings. The Kier molecular flexibility index (Phi) is 2.44. The third-order valence-corrected chi connectivity index (χ3v) is 2.01. The molecule has 1 aliphatic heterocycles. The number of aryl methyl sites for hydroxylation is 1. The molecule has 1 fully saturated rings. The summed E-state index contributed by atoms with van der Waals surface area (Å²) in [7, 11) is 0. The Morgan fingerprint density at radius 3 is 2.92 bits per heavy atom. The Hall–Kier alpha value is -1.10.